The van der Waals surface area contributed by atoms with Crippen LogP contribution in [0.2, 0.25) is 0 Å². The summed E-state index contributed by atoms with van der Waals surface area (Å²) in [5.74, 6) is 1.92. The van der Waals surface area contributed by atoms with Crippen LogP contribution in [-0.4, -0.2) is 14.2 Å². The standard InChI is InChI=1S/C29H24O2/c1-30-26-16-20-8-3-5-12-22(20)28-24(26)14-18-10-7-11-19(18)15-25-27(31-2)17-21-9-4-6-13-23(21)29(25)28/h3-10,12-13,16-17H,11,14-15H2,1-2H3. The van der Waals surface area contributed by atoms with Gasteiger partial charge in [0.2, 0.25) is 0 Å². The van der Waals surface area contributed by atoms with E-state index in [1.165, 1.54) is 54.9 Å². The van der Waals surface area contributed by atoms with Crippen LogP contribution in [0, 0.1) is 0 Å². The topological polar surface area (TPSA) is 18.5 Å². The van der Waals surface area contributed by atoms with Crippen LogP contribution in [0.3, 0.4) is 0 Å². The molecule has 0 saturated heterocycles. The van der Waals surface area contributed by atoms with Gasteiger partial charge in [0, 0.05) is 17.5 Å². The van der Waals surface area contributed by atoms with E-state index in [9.17, 15) is 0 Å². The van der Waals surface area contributed by atoms with Crippen molar-refractivity contribution < 1.29 is 9.47 Å². The van der Waals surface area contributed by atoms with E-state index < -0.39 is 0 Å². The van der Waals surface area contributed by atoms with Gasteiger partial charge in [-0.2, -0.15) is 0 Å². The van der Waals surface area contributed by atoms with E-state index in [0.29, 0.717) is 0 Å². The highest BCUT2D eigenvalue weighted by molar-refractivity contribution is 6.10. The van der Waals surface area contributed by atoms with Gasteiger partial charge in [-0.1, -0.05) is 66.3 Å². The van der Waals surface area contributed by atoms with Crippen molar-refractivity contribution in [3.05, 3.63) is 95.1 Å². The fourth-order valence-corrected chi connectivity index (χ4v) is 5.38. The Morgan fingerprint density at radius 3 is 1.81 bits per heavy atom. The molecule has 0 saturated carbocycles. The van der Waals surface area contributed by atoms with Crippen molar-refractivity contribution in [2.45, 2.75) is 19.3 Å². The summed E-state index contributed by atoms with van der Waals surface area (Å²) in [6, 6.07) is 21.7. The molecule has 152 valence electrons. The first-order valence-electron chi connectivity index (χ1n) is 10.8. The third-order valence-electron chi connectivity index (χ3n) is 6.82. The number of allylic oxidation sites excluding steroid dienone is 4. The van der Waals surface area contributed by atoms with Gasteiger partial charge < -0.3 is 9.47 Å². The molecular weight excluding hydrogens is 380 g/mol. The zero-order valence-corrected chi connectivity index (χ0v) is 17.9. The molecule has 0 heterocycles. The second-order valence-electron chi connectivity index (χ2n) is 8.40. The van der Waals surface area contributed by atoms with E-state index in [-0.39, 0.29) is 0 Å². The maximum Gasteiger partial charge on any atom is 0.123 e. The van der Waals surface area contributed by atoms with Gasteiger partial charge in [0.15, 0.2) is 0 Å². The number of benzene rings is 4. The molecule has 0 fully saturated rings. The lowest BCUT2D eigenvalue weighted by atomic mass is 9.80. The fourth-order valence-electron chi connectivity index (χ4n) is 5.38. The van der Waals surface area contributed by atoms with Crippen LogP contribution in [0.4, 0.5) is 0 Å². The third-order valence-corrected chi connectivity index (χ3v) is 6.82. The molecule has 2 aliphatic carbocycles. The van der Waals surface area contributed by atoms with E-state index in [2.05, 4.69) is 72.8 Å². The van der Waals surface area contributed by atoms with E-state index >= 15 is 0 Å². The Bertz CT molecular complexity index is 1420. The molecule has 31 heavy (non-hydrogen) atoms. The first-order valence-corrected chi connectivity index (χ1v) is 10.8. The first-order chi connectivity index (χ1) is 15.3. The Morgan fingerprint density at radius 1 is 0.677 bits per heavy atom. The summed E-state index contributed by atoms with van der Waals surface area (Å²) in [5.41, 5.74) is 8.01. The minimum atomic E-state index is 0.889. The summed E-state index contributed by atoms with van der Waals surface area (Å²) in [4.78, 5) is 0. The van der Waals surface area contributed by atoms with Crippen molar-refractivity contribution in [3.63, 3.8) is 0 Å². The molecule has 0 bridgehead atoms. The van der Waals surface area contributed by atoms with E-state index in [4.69, 9.17) is 9.47 Å². The minimum Gasteiger partial charge on any atom is -0.496 e. The zero-order chi connectivity index (χ0) is 20.9. The molecular formula is C29H24O2. The predicted molar refractivity (Wildman–Crippen MR) is 128 cm³/mol. The number of fused-ring (bicyclic) bond motifs is 7. The summed E-state index contributed by atoms with van der Waals surface area (Å²) >= 11 is 0. The second-order valence-corrected chi connectivity index (χ2v) is 8.40. The highest BCUT2D eigenvalue weighted by Gasteiger charge is 2.27. The van der Waals surface area contributed by atoms with Gasteiger partial charge in [-0.15, -0.1) is 0 Å². The second kappa shape index (κ2) is 7.02. The molecule has 0 atom stereocenters. The molecule has 0 amide bonds. The fraction of sp³-hybridized carbons (Fsp3) is 0.172. The van der Waals surface area contributed by atoms with E-state index in [0.717, 1.165) is 30.8 Å². The third kappa shape index (κ3) is 2.71. The van der Waals surface area contributed by atoms with Gasteiger partial charge in [0.25, 0.3) is 0 Å². The molecule has 0 radical (unpaired) electrons. The molecule has 0 N–H and O–H groups in total. The summed E-state index contributed by atoms with van der Waals surface area (Å²) in [5, 5.41) is 4.94. The summed E-state index contributed by atoms with van der Waals surface area (Å²) in [6.45, 7) is 0. The lowest BCUT2D eigenvalue weighted by Crippen LogP contribution is -2.07. The Balaban J connectivity index is 1.86. The van der Waals surface area contributed by atoms with Crippen LogP contribution in [0.25, 0.3) is 32.7 Å². The summed E-state index contributed by atoms with van der Waals surface area (Å²) in [7, 11) is 3.57. The quantitative estimate of drug-likeness (QED) is 0.357. The average Bonchev–Trinajstić information content (AvgIpc) is 3.23. The monoisotopic (exact) mass is 404 g/mol. The van der Waals surface area contributed by atoms with Crippen LogP contribution >= 0.6 is 0 Å². The average molecular weight is 405 g/mol. The maximum absolute atomic E-state index is 5.97. The van der Waals surface area contributed by atoms with Gasteiger partial charge in [-0.3, -0.25) is 0 Å². The molecule has 2 nitrogen and oxygen atoms in total. The lowest BCUT2D eigenvalue weighted by molar-refractivity contribution is 0.410. The van der Waals surface area contributed by atoms with Crippen molar-refractivity contribution in [1.82, 2.24) is 0 Å². The molecule has 2 aliphatic rings. The zero-order valence-electron chi connectivity index (χ0n) is 17.9. The Hall–Kier alpha value is -3.52. The SMILES string of the molecule is COc1cc2ccccc2c2c1CC1=C(CC=C1)Cc1c(OC)cc3ccccc3c1-2. The molecule has 4 aromatic carbocycles. The van der Waals surface area contributed by atoms with Crippen molar-refractivity contribution in [3.8, 4) is 22.6 Å². The van der Waals surface area contributed by atoms with Crippen molar-refractivity contribution in [2.24, 2.45) is 0 Å². The molecule has 6 rings (SSSR count). The number of ether oxygens (including phenoxy) is 2. The van der Waals surface area contributed by atoms with Crippen molar-refractivity contribution >= 4 is 21.5 Å². The highest BCUT2D eigenvalue weighted by Crippen LogP contribution is 2.49. The minimum absolute atomic E-state index is 0.889. The smallest absolute Gasteiger partial charge is 0.123 e. The Morgan fingerprint density at radius 2 is 1.23 bits per heavy atom. The molecule has 0 spiro atoms. The van der Waals surface area contributed by atoms with Gasteiger partial charge in [-0.25, -0.2) is 0 Å². The number of hydrogen-bond acceptors (Lipinski definition) is 2. The summed E-state index contributed by atoms with van der Waals surface area (Å²) in [6.07, 6.45) is 7.40. The van der Waals surface area contributed by atoms with Gasteiger partial charge in [-0.05, 0) is 63.2 Å². The van der Waals surface area contributed by atoms with Crippen LogP contribution < -0.4 is 9.47 Å². The van der Waals surface area contributed by atoms with Crippen molar-refractivity contribution in [2.75, 3.05) is 14.2 Å². The highest BCUT2D eigenvalue weighted by atomic mass is 16.5. The van der Waals surface area contributed by atoms with Gasteiger partial charge in [0.05, 0.1) is 14.2 Å². The summed E-state index contributed by atoms with van der Waals surface area (Å²) < 4.78 is 11.9. The van der Waals surface area contributed by atoms with Crippen LogP contribution in [0.1, 0.15) is 17.5 Å². The van der Waals surface area contributed by atoms with E-state index in [1.54, 1.807) is 14.2 Å². The number of rotatable bonds is 2. The molecule has 0 aliphatic heterocycles. The number of methoxy groups -OCH3 is 2. The van der Waals surface area contributed by atoms with Crippen LogP contribution in [0.5, 0.6) is 11.5 Å². The molecule has 0 unspecified atom stereocenters. The first kappa shape index (κ1) is 18.3. The van der Waals surface area contributed by atoms with Crippen molar-refractivity contribution in [1.29, 1.82) is 0 Å². The predicted octanol–water partition coefficient (Wildman–Crippen LogP) is 7.03. The van der Waals surface area contributed by atoms with Gasteiger partial charge in [0.1, 0.15) is 11.5 Å². The largest absolute Gasteiger partial charge is 0.496 e. The number of hydrogen-bond donors (Lipinski definition) is 0. The molecule has 0 aromatic heterocycles. The van der Waals surface area contributed by atoms with Gasteiger partial charge >= 0.3 is 0 Å². The maximum atomic E-state index is 5.97. The molecule has 4 aromatic rings. The van der Waals surface area contributed by atoms with Crippen LogP contribution in [-0.2, 0) is 12.8 Å². The van der Waals surface area contributed by atoms with Crippen LogP contribution in [0.15, 0.2) is 84.0 Å². The van der Waals surface area contributed by atoms with E-state index in [1.807, 2.05) is 0 Å². The Labute approximate surface area is 182 Å². The normalized spacial score (nSPS) is 14.8. The molecule has 2 heteroatoms. The lowest BCUT2D eigenvalue weighted by Gasteiger charge is -2.26. The Kier molecular flexibility index (Phi) is 4.14.